The van der Waals surface area contributed by atoms with Gasteiger partial charge < -0.3 is 38.9 Å². The second kappa shape index (κ2) is 19.5. The lowest BCUT2D eigenvalue weighted by Crippen LogP contribution is -2.00. The molecule has 2 N–H and O–H groups in total. The molecular weight excluding hydrogens is 999 g/mol. The number of hydrogen-bond acceptors (Lipinski definition) is 16. The molecule has 0 spiro atoms. The zero-order valence-electron chi connectivity index (χ0n) is 34.7. The predicted octanol–water partition coefficient (Wildman–Crippen LogP) is 8.18. The molecule has 0 atom stereocenters. The second-order valence-corrected chi connectivity index (χ2v) is 21.9. The maximum atomic E-state index is 11.9. The lowest BCUT2D eigenvalue weighted by atomic mass is 10.0. The third kappa shape index (κ3) is 10.4. The summed E-state index contributed by atoms with van der Waals surface area (Å²) in [6, 6.07) is 30.3. The normalized spacial score (nSPS) is 12.8. The fourth-order valence-electron chi connectivity index (χ4n) is 7.52. The molecule has 0 unspecified atom stereocenters. The standard InChI is InChI=1S/C44H30N4O12S4.H3P2S/c49-59-60-61-29-9-1-25(2-10-29)41-33-17-19-35(45-33)42(26-3-11-30(12-4-26)62(50,51)52)37-21-23-39(47-37)44(28-7-15-32(16-8-28)64(56,57)58)40-24-22-38(48-40)43(36-20-18-34(41)46-36)27-5-13-31(14-6-27)63(53,54)55;1-3-2/h1-24,45,48-49H,(H,50,51,52)(H,53,54,55)(H,56,57,58);1-3H/q;-1/p-4/i;3T. The first-order chi connectivity index (χ1) is 32.3. The highest BCUT2D eigenvalue weighted by Gasteiger charge is 2.20. The molecule has 0 saturated carbocycles. The lowest BCUT2D eigenvalue weighted by molar-refractivity contribution is -0.777. The van der Waals surface area contributed by atoms with Gasteiger partial charge in [-0.1, -0.05) is 48.5 Å². The Morgan fingerprint density at radius 2 is 0.731 bits per heavy atom. The summed E-state index contributed by atoms with van der Waals surface area (Å²) in [5, 5.41) is 14.0. The van der Waals surface area contributed by atoms with Crippen molar-refractivity contribution in [3.63, 3.8) is 0 Å². The minimum atomic E-state index is -4.79. The third-order valence-corrected chi connectivity index (χ3v) is 13.5. The minimum Gasteiger partial charge on any atom is -0.744 e. The molecule has 0 fully saturated rings. The van der Waals surface area contributed by atoms with Crippen LogP contribution in [0.25, 0.3) is 90.9 Å². The Bertz CT molecular complexity index is 3710. The number of thiol groups is 1. The van der Waals surface area contributed by atoms with Crippen molar-refractivity contribution >= 4 is 115 Å². The summed E-state index contributed by atoms with van der Waals surface area (Å²) in [6.45, 7) is 0. The molecular formula is C44H29N4O12P2S5-5. The van der Waals surface area contributed by atoms with E-state index in [-0.39, 0.29) is 0 Å². The molecule has 0 radical (unpaired) electrons. The average Bonchev–Trinajstić information content (AvgIpc) is 4.14. The molecule has 0 aliphatic carbocycles. The molecule has 2 aliphatic heterocycles. The highest BCUT2D eigenvalue weighted by Crippen LogP contribution is 2.39. The van der Waals surface area contributed by atoms with Crippen LogP contribution >= 0.6 is 28.1 Å². The van der Waals surface area contributed by atoms with Crippen LogP contribution in [-0.2, 0) is 49.7 Å². The van der Waals surface area contributed by atoms with Gasteiger partial charge in [0.2, 0.25) is 0 Å². The van der Waals surface area contributed by atoms with Crippen molar-refractivity contribution in [1.82, 2.24) is 19.9 Å². The molecule has 16 nitrogen and oxygen atoms in total. The van der Waals surface area contributed by atoms with E-state index in [2.05, 4.69) is 35.4 Å². The average molecular weight is 1030 g/mol. The van der Waals surface area contributed by atoms with Gasteiger partial charge in [-0.15, -0.1) is 1.12 Å². The SMILES string of the molecule is O=S(=O)([O-])c1ccc(-c2c3nc(c(-c4ccc(S(=O)(=O)[O-])cc4)c4ccc([nH]4)c(-c4ccc(S(=O)(=O)[O-])cc4)c4nc(c(-c5ccc(SOO[O-])cc5)c5ccc2[nH]5)C=C4)C=C3)cc1.[3H][S-](=P)=P. The van der Waals surface area contributed by atoms with E-state index in [1.54, 1.807) is 66.8 Å². The zero-order valence-corrected chi connectivity index (χ0v) is 39.8. The van der Waals surface area contributed by atoms with Crippen molar-refractivity contribution in [2.24, 2.45) is 0 Å². The zero-order chi connectivity index (χ0) is 48.5. The molecule has 23 heteroatoms. The van der Waals surface area contributed by atoms with Crippen LogP contribution in [0.15, 0.2) is 141 Å². The van der Waals surface area contributed by atoms with E-state index in [1.807, 2.05) is 6.07 Å². The van der Waals surface area contributed by atoms with E-state index < -0.39 is 55.1 Å². The molecule has 7 aromatic rings. The quantitative estimate of drug-likeness (QED) is 0.0249. The second-order valence-electron chi connectivity index (χ2n) is 14.3. The van der Waals surface area contributed by atoms with Crippen molar-refractivity contribution in [3.8, 4) is 44.5 Å². The molecule has 4 aromatic carbocycles. The van der Waals surface area contributed by atoms with Crippen molar-refractivity contribution in [3.05, 3.63) is 144 Å². The minimum absolute atomic E-state index is 0.396. The lowest BCUT2D eigenvalue weighted by Gasteiger charge is -2.10. The van der Waals surface area contributed by atoms with Gasteiger partial charge in [-0.2, -0.15) is 4.33 Å². The predicted molar refractivity (Wildman–Crippen MR) is 258 cm³/mol. The van der Waals surface area contributed by atoms with Gasteiger partial charge in [-0.25, -0.2) is 35.2 Å². The molecule has 2 aliphatic rings. The van der Waals surface area contributed by atoms with Crippen LogP contribution in [0.4, 0.5) is 0 Å². The largest absolute Gasteiger partial charge is 0.744 e. The first-order valence-corrected chi connectivity index (χ1v) is 27.3. The smallest absolute Gasteiger partial charge is 0.124 e. The monoisotopic (exact) mass is 1030 g/mol. The van der Waals surface area contributed by atoms with E-state index in [0.29, 0.717) is 106 Å². The van der Waals surface area contributed by atoms with Gasteiger partial charge in [-0.3, -0.25) is 21.1 Å². The number of aromatic amines is 2. The van der Waals surface area contributed by atoms with Crippen LogP contribution in [0.2, 0.25) is 0 Å². The number of nitrogens with zero attached hydrogens (tertiary/aromatic N) is 2. The number of benzene rings is 4. The number of rotatable bonds is 10. The van der Waals surface area contributed by atoms with Crippen LogP contribution in [0.3, 0.4) is 0 Å². The van der Waals surface area contributed by atoms with Crippen LogP contribution in [0.5, 0.6) is 0 Å². The van der Waals surface area contributed by atoms with Crippen molar-refractivity contribution in [1.29, 1.82) is 1.12 Å². The summed E-state index contributed by atoms with van der Waals surface area (Å²) < 4.78 is 118. The topological polar surface area (TPSA) is 270 Å². The van der Waals surface area contributed by atoms with Crippen molar-refractivity contribution in [2.45, 2.75) is 19.6 Å². The van der Waals surface area contributed by atoms with E-state index in [9.17, 15) is 44.2 Å². The summed E-state index contributed by atoms with van der Waals surface area (Å²) in [5.41, 5.74) is 8.05. The number of H-pyrrole nitrogens is 2. The van der Waals surface area contributed by atoms with Gasteiger partial charge in [0.25, 0.3) is 0 Å². The fraction of sp³-hybridized carbons (Fsp3) is 0. The molecule has 5 heterocycles. The van der Waals surface area contributed by atoms with E-state index in [1.165, 1.54) is 72.8 Å². The number of hydrogen-bond donors (Lipinski definition) is 2. The fourth-order valence-corrected chi connectivity index (χ4v) is 9.28. The van der Waals surface area contributed by atoms with E-state index in [4.69, 9.17) is 11.1 Å². The van der Waals surface area contributed by atoms with Gasteiger partial charge in [0.1, 0.15) is 30.4 Å². The highest BCUT2D eigenvalue weighted by atomic mass is 32.7. The first-order valence-electron chi connectivity index (χ1n) is 19.5. The molecule has 8 bridgehead atoms. The Morgan fingerprint density at radius 1 is 0.478 bits per heavy atom. The summed E-state index contributed by atoms with van der Waals surface area (Å²) in [4.78, 5) is 16.4. The van der Waals surface area contributed by atoms with E-state index >= 15 is 0 Å². The highest BCUT2D eigenvalue weighted by molar-refractivity contribution is 8.17. The molecule has 9 rings (SSSR count). The first kappa shape index (κ1) is 46.5. The molecule has 0 saturated heterocycles. The molecule has 0 amide bonds. The van der Waals surface area contributed by atoms with Gasteiger partial charge in [0.15, 0.2) is 0 Å². The molecule has 3 aromatic heterocycles. The van der Waals surface area contributed by atoms with Gasteiger partial charge in [0, 0.05) is 49.2 Å². The Kier molecular flexibility index (Phi) is 13.6. The maximum Gasteiger partial charge on any atom is 0.124 e. The number of aromatic nitrogens is 4. The summed E-state index contributed by atoms with van der Waals surface area (Å²) >= 11 is 0.714. The Hall–Kier alpha value is -5.61. The van der Waals surface area contributed by atoms with Crippen LogP contribution in [0, 0.1) is 0 Å². The van der Waals surface area contributed by atoms with Crippen LogP contribution in [-0.4, -0.2) is 60.0 Å². The Morgan fingerprint density at radius 3 is 0.970 bits per heavy atom. The summed E-state index contributed by atoms with van der Waals surface area (Å²) in [5.74, 6) is 0. The number of nitrogens with one attached hydrogen (secondary N) is 2. The summed E-state index contributed by atoms with van der Waals surface area (Å²) in [6.07, 6.45) is 7.04. The molecule has 342 valence electrons. The maximum absolute atomic E-state index is 11.9. The Labute approximate surface area is 395 Å². The third-order valence-electron chi connectivity index (χ3n) is 10.3. The van der Waals surface area contributed by atoms with Crippen LogP contribution < -0.4 is 5.26 Å². The van der Waals surface area contributed by atoms with Crippen molar-refractivity contribution in [2.75, 3.05) is 0 Å². The van der Waals surface area contributed by atoms with Gasteiger partial charge in [0.05, 0.1) is 49.5 Å². The Balaban J connectivity index is 0.00000150. The van der Waals surface area contributed by atoms with Gasteiger partial charge >= 0.3 is 0 Å². The van der Waals surface area contributed by atoms with Gasteiger partial charge in [-0.05, 0) is 119 Å². The van der Waals surface area contributed by atoms with E-state index in [0.717, 1.165) is 0 Å². The molecule has 67 heavy (non-hydrogen) atoms. The number of fused-ring (bicyclic) bond motifs is 8. The van der Waals surface area contributed by atoms with Crippen molar-refractivity contribution < 1.29 is 53.5 Å². The summed E-state index contributed by atoms with van der Waals surface area (Å²) in [7, 11) is -9.00. The van der Waals surface area contributed by atoms with Crippen LogP contribution in [0.1, 0.15) is 22.8 Å².